The first-order chi connectivity index (χ1) is 11.4. The van der Waals surface area contributed by atoms with Gasteiger partial charge in [0.05, 0.1) is 4.92 Å². The van der Waals surface area contributed by atoms with Gasteiger partial charge in [0.1, 0.15) is 0 Å². The van der Waals surface area contributed by atoms with Crippen LogP contribution in [0.5, 0.6) is 5.75 Å². The first kappa shape index (κ1) is 17.1. The van der Waals surface area contributed by atoms with E-state index in [0.717, 1.165) is 5.56 Å². The summed E-state index contributed by atoms with van der Waals surface area (Å²) in [6.45, 7) is 2.81. The molecule has 2 aromatic carbocycles. The number of hydrogen-bond donors (Lipinski definition) is 1. The third-order valence-electron chi connectivity index (χ3n) is 3.20. The van der Waals surface area contributed by atoms with Crippen LogP contribution in [0.2, 0.25) is 0 Å². The number of benzene rings is 2. The fourth-order valence-corrected chi connectivity index (χ4v) is 2.06. The van der Waals surface area contributed by atoms with E-state index in [0.29, 0.717) is 11.3 Å². The minimum Gasteiger partial charge on any atom is -0.478 e. The van der Waals surface area contributed by atoms with Gasteiger partial charge in [-0.2, -0.15) is 0 Å². The van der Waals surface area contributed by atoms with E-state index in [4.69, 9.17) is 4.74 Å². The summed E-state index contributed by atoms with van der Waals surface area (Å²) in [6.07, 6.45) is 0. The lowest BCUT2D eigenvalue weighted by Crippen LogP contribution is -2.12. The Labute approximate surface area is 138 Å². The highest BCUT2D eigenvalue weighted by Crippen LogP contribution is 2.27. The molecule has 0 unspecified atom stereocenters. The maximum Gasteiger partial charge on any atom is 0.311 e. The molecule has 2 rings (SSSR count). The number of nitro benzene ring substituents is 1. The van der Waals surface area contributed by atoms with Gasteiger partial charge in [0.15, 0.2) is 18.1 Å². The van der Waals surface area contributed by atoms with Crippen LogP contribution in [0, 0.1) is 17.0 Å². The number of rotatable bonds is 6. The molecule has 7 nitrogen and oxygen atoms in total. The van der Waals surface area contributed by atoms with Crippen LogP contribution in [0.4, 0.5) is 11.4 Å². The third kappa shape index (κ3) is 4.39. The molecule has 2 aromatic rings. The topological polar surface area (TPSA) is 98.5 Å². The Morgan fingerprint density at radius 2 is 1.83 bits per heavy atom. The van der Waals surface area contributed by atoms with Gasteiger partial charge < -0.3 is 10.1 Å². The highest BCUT2D eigenvalue weighted by Gasteiger charge is 2.16. The predicted molar refractivity (Wildman–Crippen MR) is 88.4 cm³/mol. The molecule has 0 spiro atoms. The van der Waals surface area contributed by atoms with Gasteiger partial charge in [-0.05, 0) is 42.8 Å². The van der Waals surface area contributed by atoms with Crippen LogP contribution in [0.15, 0.2) is 42.5 Å². The molecule has 24 heavy (non-hydrogen) atoms. The van der Waals surface area contributed by atoms with Crippen LogP contribution in [0.1, 0.15) is 22.8 Å². The molecular formula is C17H16N2O5. The number of aryl methyl sites for hydroxylation is 1. The maximum absolute atomic E-state index is 12.1. The molecule has 0 aromatic heterocycles. The number of nitro groups is 1. The van der Waals surface area contributed by atoms with Crippen LogP contribution >= 0.6 is 0 Å². The third-order valence-corrected chi connectivity index (χ3v) is 3.20. The fourth-order valence-electron chi connectivity index (χ4n) is 2.06. The lowest BCUT2D eigenvalue weighted by Gasteiger charge is -2.07. The van der Waals surface area contributed by atoms with Gasteiger partial charge in [-0.1, -0.05) is 6.07 Å². The summed E-state index contributed by atoms with van der Waals surface area (Å²) in [5.74, 6) is -0.475. The second-order valence-corrected chi connectivity index (χ2v) is 5.20. The van der Waals surface area contributed by atoms with Crippen molar-refractivity contribution in [3.05, 3.63) is 63.7 Å². The Morgan fingerprint density at radius 1 is 1.17 bits per heavy atom. The van der Waals surface area contributed by atoms with Crippen LogP contribution < -0.4 is 10.1 Å². The molecule has 0 aliphatic heterocycles. The summed E-state index contributed by atoms with van der Waals surface area (Å²) in [4.78, 5) is 33.5. The summed E-state index contributed by atoms with van der Waals surface area (Å²) < 4.78 is 5.30. The molecule has 0 atom stereocenters. The van der Waals surface area contributed by atoms with Crippen molar-refractivity contribution >= 4 is 23.1 Å². The minimum absolute atomic E-state index is 0.0498. The molecule has 0 saturated heterocycles. The van der Waals surface area contributed by atoms with E-state index in [2.05, 4.69) is 5.32 Å². The van der Waals surface area contributed by atoms with Crippen molar-refractivity contribution in [2.45, 2.75) is 13.8 Å². The van der Waals surface area contributed by atoms with E-state index >= 15 is 0 Å². The maximum atomic E-state index is 12.1. The summed E-state index contributed by atoms with van der Waals surface area (Å²) in [7, 11) is 0. The zero-order chi connectivity index (χ0) is 17.7. The summed E-state index contributed by atoms with van der Waals surface area (Å²) >= 11 is 0. The van der Waals surface area contributed by atoms with Gasteiger partial charge >= 0.3 is 5.69 Å². The van der Waals surface area contributed by atoms with Gasteiger partial charge in [-0.3, -0.25) is 19.7 Å². The number of Topliss-reactive ketones (excluding diaryl/α,β-unsaturated/α-hetero) is 1. The number of hydrogen-bond acceptors (Lipinski definition) is 5. The highest BCUT2D eigenvalue weighted by atomic mass is 16.6. The van der Waals surface area contributed by atoms with Crippen molar-refractivity contribution in [1.29, 1.82) is 0 Å². The predicted octanol–water partition coefficient (Wildman–Crippen LogP) is 3.12. The van der Waals surface area contributed by atoms with Crippen molar-refractivity contribution < 1.29 is 19.2 Å². The van der Waals surface area contributed by atoms with Gasteiger partial charge in [0, 0.05) is 24.2 Å². The lowest BCUT2D eigenvalue weighted by atomic mass is 10.1. The summed E-state index contributed by atoms with van der Waals surface area (Å²) in [6, 6.07) is 10.9. The second-order valence-electron chi connectivity index (χ2n) is 5.20. The van der Waals surface area contributed by atoms with E-state index in [1.807, 2.05) is 0 Å². The standard InChI is InChI=1S/C17H16N2O5/c1-11-3-8-17(15(9-11)19(22)23)24-10-16(21)13-4-6-14(7-5-13)18-12(2)20/h3-9H,10H2,1-2H3,(H,18,20). The van der Waals surface area contributed by atoms with Crippen LogP contribution in [-0.2, 0) is 4.79 Å². The number of ketones is 1. The molecule has 1 N–H and O–H groups in total. The number of anilines is 1. The van der Waals surface area contributed by atoms with Gasteiger partial charge in [-0.15, -0.1) is 0 Å². The Morgan fingerprint density at radius 3 is 2.42 bits per heavy atom. The lowest BCUT2D eigenvalue weighted by molar-refractivity contribution is -0.385. The number of carbonyl (C=O) groups excluding carboxylic acids is 2. The van der Waals surface area contributed by atoms with E-state index in [9.17, 15) is 19.7 Å². The van der Waals surface area contributed by atoms with Crippen molar-refractivity contribution in [2.75, 3.05) is 11.9 Å². The van der Waals surface area contributed by atoms with E-state index in [-0.39, 0.29) is 29.7 Å². The monoisotopic (exact) mass is 328 g/mol. The SMILES string of the molecule is CC(=O)Nc1ccc(C(=O)COc2ccc(C)cc2[N+](=O)[O-])cc1. The molecule has 0 saturated carbocycles. The Hall–Kier alpha value is -3.22. The zero-order valence-corrected chi connectivity index (χ0v) is 13.2. The second kappa shape index (κ2) is 7.36. The molecule has 0 heterocycles. The molecule has 1 amide bonds. The van der Waals surface area contributed by atoms with E-state index in [1.165, 1.54) is 19.1 Å². The molecule has 124 valence electrons. The summed E-state index contributed by atoms with van der Waals surface area (Å²) in [5.41, 5.74) is 1.52. The van der Waals surface area contributed by atoms with Crippen molar-refractivity contribution in [1.82, 2.24) is 0 Å². The fraction of sp³-hybridized carbons (Fsp3) is 0.176. The highest BCUT2D eigenvalue weighted by molar-refractivity contribution is 5.98. The number of nitrogens with one attached hydrogen (secondary N) is 1. The number of ether oxygens (including phenoxy) is 1. The van der Waals surface area contributed by atoms with Crippen LogP contribution in [0.25, 0.3) is 0 Å². The first-order valence-corrected chi connectivity index (χ1v) is 7.15. The zero-order valence-electron chi connectivity index (χ0n) is 13.2. The minimum atomic E-state index is -0.547. The van der Waals surface area contributed by atoms with Crippen LogP contribution in [-0.4, -0.2) is 23.2 Å². The largest absolute Gasteiger partial charge is 0.478 e. The number of amides is 1. The van der Waals surface area contributed by atoms with Gasteiger partial charge in [-0.25, -0.2) is 0 Å². The Balaban J connectivity index is 2.06. The average molecular weight is 328 g/mol. The van der Waals surface area contributed by atoms with Crippen molar-refractivity contribution in [3.8, 4) is 5.75 Å². The van der Waals surface area contributed by atoms with Gasteiger partial charge in [0.2, 0.25) is 5.91 Å². The first-order valence-electron chi connectivity index (χ1n) is 7.15. The molecule has 0 aliphatic rings. The molecular weight excluding hydrogens is 312 g/mol. The average Bonchev–Trinajstić information content (AvgIpc) is 2.53. The summed E-state index contributed by atoms with van der Waals surface area (Å²) in [5, 5.41) is 13.6. The number of nitrogens with zero attached hydrogens (tertiary/aromatic N) is 1. The molecule has 0 aliphatic carbocycles. The van der Waals surface area contributed by atoms with Crippen molar-refractivity contribution in [3.63, 3.8) is 0 Å². The Bertz CT molecular complexity index is 784. The molecule has 7 heteroatoms. The smallest absolute Gasteiger partial charge is 0.311 e. The molecule has 0 fully saturated rings. The van der Waals surface area contributed by atoms with Gasteiger partial charge in [0.25, 0.3) is 0 Å². The number of carbonyl (C=O) groups is 2. The normalized spacial score (nSPS) is 10.1. The van der Waals surface area contributed by atoms with E-state index in [1.54, 1.807) is 37.3 Å². The quantitative estimate of drug-likeness (QED) is 0.499. The molecule has 0 bridgehead atoms. The molecule has 0 radical (unpaired) electrons. The van der Waals surface area contributed by atoms with E-state index < -0.39 is 4.92 Å². The Kier molecular flexibility index (Phi) is 5.26. The van der Waals surface area contributed by atoms with Crippen LogP contribution in [0.3, 0.4) is 0 Å². The van der Waals surface area contributed by atoms with Crippen molar-refractivity contribution in [2.24, 2.45) is 0 Å².